The van der Waals surface area contributed by atoms with Crippen molar-refractivity contribution in [2.45, 2.75) is 65.6 Å². The Bertz CT molecular complexity index is 2310. The van der Waals surface area contributed by atoms with Crippen molar-refractivity contribution in [2.75, 3.05) is 42.4 Å². The van der Waals surface area contributed by atoms with E-state index in [1.54, 1.807) is 42.6 Å². The van der Waals surface area contributed by atoms with Crippen LogP contribution >= 0.6 is 0 Å². The third-order valence-corrected chi connectivity index (χ3v) is 10.1. The van der Waals surface area contributed by atoms with Crippen molar-refractivity contribution in [3.63, 3.8) is 0 Å². The largest absolute Gasteiger partial charge is 0.491 e. The number of ether oxygens (including phenoxy) is 3. The van der Waals surface area contributed by atoms with Gasteiger partial charge in [-0.15, -0.1) is 0 Å². The molecule has 1 heterocycles. The van der Waals surface area contributed by atoms with Crippen molar-refractivity contribution in [1.82, 2.24) is 10.3 Å². The molecular formula is C47H54FN5O8. The maximum Gasteiger partial charge on any atom is 0.255 e. The number of carbonyl (C=O) groups is 3. The molecule has 6 N–H and O–H groups in total. The number of benzene rings is 4. The first kappa shape index (κ1) is 44.3. The van der Waals surface area contributed by atoms with Crippen LogP contribution in [0.1, 0.15) is 85.9 Å². The predicted molar refractivity (Wildman–Crippen MR) is 233 cm³/mol. The molecule has 5 aromatic rings. The van der Waals surface area contributed by atoms with Gasteiger partial charge in [-0.3, -0.25) is 19.4 Å². The molecule has 0 saturated heterocycles. The third kappa shape index (κ3) is 12.2. The number of aromatic nitrogens is 1. The monoisotopic (exact) mass is 835 g/mol. The minimum atomic E-state index is -1.25. The highest BCUT2D eigenvalue weighted by Gasteiger charge is 2.28. The van der Waals surface area contributed by atoms with E-state index in [1.807, 2.05) is 58.0 Å². The maximum atomic E-state index is 14.2. The van der Waals surface area contributed by atoms with Gasteiger partial charge in [0.1, 0.15) is 18.1 Å². The molecule has 1 unspecified atom stereocenters. The first-order valence-electron chi connectivity index (χ1n) is 20.7. The lowest BCUT2D eigenvalue weighted by atomic mass is 9.85. The smallest absolute Gasteiger partial charge is 0.255 e. The molecule has 14 heteroatoms. The Morgan fingerprint density at radius 3 is 2.13 bits per heavy atom. The fourth-order valence-corrected chi connectivity index (χ4v) is 6.84. The van der Waals surface area contributed by atoms with Gasteiger partial charge in [0.05, 0.1) is 48.6 Å². The van der Waals surface area contributed by atoms with Crippen molar-refractivity contribution in [3.8, 4) is 17.2 Å². The summed E-state index contributed by atoms with van der Waals surface area (Å²) in [6.07, 6.45) is 2.99. The fourth-order valence-electron chi connectivity index (χ4n) is 6.84. The Balaban J connectivity index is 1.10. The van der Waals surface area contributed by atoms with Crippen LogP contribution in [0.15, 0.2) is 91.1 Å². The molecule has 4 aromatic carbocycles. The van der Waals surface area contributed by atoms with Crippen molar-refractivity contribution in [1.29, 1.82) is 0 Å². The number of nitrogens with one attached hydrogen (secondary N) is 4. The van der Waals surface area contributed by atoms with Crippen LogP contribution in [0.5, 0.6) is 17.2 Å². The number of aliphatic hydroxyl groups is 2. The molecule has 3 amide bonds. The normalized spacial score (nSPS) is 15.6. The number of para-hydroxylation sites is 1. The van der Waals surface area contributed by atoms with Crippen LogP contribution in [0.3, 0.4) is 0 Å². The molecule has 6 rings (SSSR count). The average Bonchev–Trinajstić information content (AvgIpc) is 3.25. The molecule has 1 aromatic heterocycles. The number of rotatable bonds is 18. The first-order chi connectivity index (χ1) is 29.4. The Kier molecular flexibility index (Phi) is 15.1. The summed E-state index contributed by atoms with van der Waals surface area (Å²) in [6, 6.07) is 23.1. The molecular weight excluding hydrogens is 782 g/mol. The van der Waals surface area contributed by atoms with Crippen molar-refractivity contribution >= 4 is 45.7 Å². The minimum absolute atomic E-state index is 0.0522. The summed E-state index contributed by atoms with van der Waals surface area (Å²) >= 11 is 0. The number of carbonyl (C=O) groups excluding carboxylic acids is 3. The summed E-state index contributed by atoms with van der Waals surface area (Å²) in [5.41, 5.74) is 3.24. The molecule has 0 spiro atoms. The second-order valence-electron chi connectivity index (χ2n) is 16.0. The van der Waals surface area contributed by atoms with Gasteiger partial charge in [-0.05, 0) is 98.2 Å². The van der Waals surface area contributed by atoms with E-state index in [0.717, 1.165) is 17.0 Å². The zero-order chi connectivity index (χ0) is 43.5. The van der Waals surface area contributed by atoms with Gasteiger partial charge in [-0.25, -0.2) is 4.39 Å². The zero-order valence-corrected chi connectivity index (χ0v) is 34.9. The van der Waals surface area contributed by atoms with Crippen LogP contribution in [-0.4, -0.2) is 65.4 Å². The van der Waals surface area contributed by atoms with Gasteiger partial charge in [0.2, 0.25) is 5.91 Å². The highest BCUT2D eigenvalue weighted by molar-refractivity contribution is 6.05. The minimum Gasteiger partial charge on any atom is -0.491 e. The number of pyridine rings is 1. The van der Waals surface area contributed by atoms with E-state index in [9.17, 15) is 23.9 Å². The van der Waals surface area contributed by atoms with Gasteiger partial charge >= 0.3 is 0 Å². The number of fused-ring (bicyclic) bond motifs is 1. The summed E-state index contributed by atoms with van der Waals surface area (Å²) in [7, 11) is 0. The summed E-state index contributed by atoms with van der Waals surface area (Å²) in [6.45, 7) is 8.21. The SMILES string of the molecule is CC(C)COc1cc(C(O)Nc2ccc(C(=O)N[C@H]3CC[C@H](C(=O)Nc4cnc5ccccc5c4)CC3)cc2OCC(C)C)ccc1NC(=O)c1ccc(F)c(OCCO)c1. The lowest BCUT2D eigenvalue weighted by molar-refractivity contribution is -0.120. The summed E-state index contributed by atoms with van der Waals surface area (Å²) in [4.78, 5) is 44.3. The average molecular weight is 836 g/mol. The molecule has 0 bridgehead atoms. The van der Waals surface area contributed by atoms with Crippen molar-refractivity contribution in [2.24, 2.45) is 17.8 Å². The zero-order valence-electron chi connectivity index (χ0n) is 34.9. The Morgan fingerprint density at radius 1 is 0.754 bits per heavy atom. The topological polar surface area (TPSA) is 180 Å². The van der Waals surface area contributed by atoms with Gasteiger partial charge in [-0.1, -0.05) is 52.0 Å². The number of nitrogens with zero attached hydrogens (tertiary/aromatic N) is 1. The molecule has 1 aliphatic carbocycles. The summed E-state index contributed by atoms with van der Waals surface area (Å²) < 4.78 is 31.6. The Hall–Kier alpha value is -6.25. The van der Waals surface area contributed by atoms with E-state index in [0.29, 0.717) is 78.6 Å². The first-order valence-corrected chi connectivity index (χ1v) is 20.7. The predicted octanol–water partition coefficient (Wildman–Crippen LogP) is 8.10. The Morgan fingerprint density at radius 2 is 1.41 bits per heavy atom. The van der Waals surface area contributed by atoms with E-state index in [2.05, 4.69) is 26.3 Å². The van der Waals surface area contributed by atoms with Gasteiger partial charge < -0.3 is 45.7 Å². The van der Waals surface area contributed by atoms with Crippen LogP contribution in [0.25, 0.3) is 10.9 Å². The highest BCUT2D eigenvalue weighted by Crippen LogP contribution is 2.34. The van der Waals surface area contributed by atoms with Crippen LogP contribution in [0, 0.1) is 23.6 Å². The standard InChI is InChI=1S/C47H54FN5O8/c1-28(2)26-60-42-23-33(45(56)50-35-14-9-30(10-15-35)44(55)51-36-21-31-7-5-6-8-38(31)49-25-36)12-17-39(42)53-47(58)34-13-18-40(43(24-34)61-27-29(3)4)52-46(57)32-11-16-37(48)41(22-32)59-20-19-54/h5-8,11-13,16-18,21-25,28-30,35,47,53-54,58H,9-10,14-15,19-20,26-27H2,1-4H3,(H,50,56)(H,51,55)(H,52,57)/t30-,35-,47?. The molecule has 322 valence electrons. The number of aliphatic hydroxyl groups excluding tert-OH is 2. The second-order valence-corrected chi connectivity index (χ2v) is 16.0. The Labute approximate surface area is 355 Å². The summed E-state index contributed by atoms with van der Waals surface area (Å²) in [5.74, 6) is -0.852. The molecule has 0 aliphatic heterocycles. The molecule has 1 atom stereocenters. The molecule has 1 aliphatic rings. The molecule has 1 fully saturated rings. The number of halogens is 1. The van der Waals surface area contributed by atoms with Gasteiger partial charge in [0, 0.05) is 34.0 Å². The highest BCUT2D eigenvalue weighted by atomic mass is 19.1. The van der Waals surface area contributed by atoms with Crippen LogP contribution in [0.2, 0.25) is 0 Å². The quantitative estimate of drug-likeness (QED) is 0.0473. The molecule has 1 saturated carbocycles. The number of amides is 3. The van der Waals surface area contributed by atoms with E-state index < -0.39 is 18.0 Å². The van der Waals surface area contributed by atoms with E-state index in [-0.39, 0.29) is 60.1 Å². The number of hydrogen-bond donors (Lipinski definition) is 6. The van der Waals surface area contributed by atoms with E-state index >= 15 is 0 Å². The van der Waals surface area contributed by atoms with E-state index in [4.69, 9.17) is 19.3 Å². The fraction of sp³-hybridized carbons (Fsp3) is 0.362. The maximum absolute atomic E-state index is 14.2. The lowest BCUT2D eigenvalue weighted by Crippen LogP contribution is -2.39. The van der Waals surface area contributed by atoms with Gasteiger partial charge in [0.15, 0.2) is 17.8 Å². The van der Waals surface area contributed by atoms with E-state index in [1.165, 1.54) is 12.1 Å². The van der Waals surface area contributed by atoms with Gasteiger partial charge in [-0.2, -0.15) is 0 Å². The third-order valence-electron chi connectivity index (χ3n) is 10.1. The lowest BCUT2D eigenvalue weighted by Gasteiger charge is -2.28. The molecule has 13 nitrogen and oxygen atoms in total. The van der Waals surface area contributed by atoms with Crippen molar-refractivity contribution in [3.05, 3.63) is 114 Å². The number of hydrogen-bond acceptors (Lipinski definition) is 10. The molecule has 61 heavy (non-hydrogen) atoms. The number of anilines is 3. The molecule has 0 radical (unpaired) electrons. The van der Waals surface area contributed by atoms with Crippen LogP contribution in [0.4, 0.5) is 21.5 Å². The van der Waals surface area contributed by atoms with Crippen LogP contribution < -0.4 is 35.5 Å². The van der Waals surface area contributed by atoms with Gasteiger partial charge in [0.25, 0.3) is 11.8 Å². The second kappa shape index (κ2) is 20.8. The summed E-state index contributed by atoms with van der Waals surface area (Å²) in [5, 5.41) is 33.5. The van der Waals surface area contributed by atoms with Crippen molar-refractivity contribution < 1.29 is 43.2 Å². The van der Waals surface area contributed by atoms with Crippen LogP contribution in [-0.2, 0) is 4.79 Å².